The van der Waals surface area contributed by atoms with E-state index in [2.05, 4.69) is 0 Å². The number of rotatable bonds is 18. The summed E-state index contributed by atoms with van der Waals surface area (Å²) in [6, 6.07) is 7.04. The van der Waals surface area contributed by atoms with E-state index in [0.717, 1.165) is 68.9 Å². The number of fused-ring (bicyclic) bond motifs is 7. The molecule has 4 aliphatic rings. The van der Waals surface area contributed by atoms with Crippen molar-refractivity contribution in [1.29, 1.82) is 0 Å². The van der Waals surface area contributed by atoms with Gasteiger partial charge in [0, 0.05) is 53.8 Å². The maximum atomic E-state index is 14.4. The Bertz CT molecular complexity index is 2610. The van der Waals surface area contributed by atoms with Crippen LogP contribution in [0.1, 0.15) is 153 Å². The third kappa shape index (κ3) is 11.4. The van der Waals surface area contributed by atoms with E-state index in [1.165, 1.54) is 72.0 Å². The van der Waals surface area contributed by atoms with Crippen LogP contribution in [0.3, 0.4) is 0 Å². The molecule has 0 bridgehead atoms. The van der Waals surface area contributed by atoms with Gasteiger partial charge in [0.25, 0.3) is 0 Å². The zero-order chi connectivity index (χ0) is 47.6. The minimum Gasteiger partial charge on any atom is -0.493 e. The second-order valence-electron chi connectivity index (χ2n) is 19.3. The number of carbonyl (C=O) groups is 3. The Morgan fingerprint density at radius 3 is 1.75 bits per heavy atom. The molecule has 364 valence electrons. The first kappa shape index (κ1) is 48.7. The van der Waals surface area contributed by atoms with Gasteiger partial charge in [-0.2, -0.15) is 0 Å². The average Bonchev–Trinajstić information content (AvgIpc) is 3.70. The molecule has 3 fully saturated rings. The first-order chi connectivity index (χ1) is 33.2. The van der Waals surface area contributed by atoms with Crippen molar-refractivity contribution in [1.82, 2.24) is 4.57 Å². The van der Waals surface area contributed by atoms with Gasteiger partial charge in [0.15, 0.2) is 34.5 Å². The van der Waals surface area contributed by atoms with Gasteiger partial charge in [0.1, 0.15) is 11.1 Å². The molecule has 8 rings (SSSR count). The molecule has 0 unspecified atom stereocenters. The minimum absolute atomic E-state index is 0.166. The highest BCUT2D eigenvalue weighted by atomic mass is 16.6. The fraction of sp³-hybridized carbons (Fsp3) is 0.536. The lowest BCUT2D eigenvalue weighted by molar-refractivity contribution is -0.140. The van der Waals surface area contributed by atoms with Crippen molar-refractivity contribution < 1.29 is 47.2 Å². The first-order valence-corrected chi connectivity index (χ1v) is 25.3. The van der Waals surface area contributed by atoms with Crippen LogP contribution in [0.15, 0.2) is 63.2 Å². The molecule has 3 heterocycles. The van der Waals surface area contributed by atoms with Gasteiger partial charge in [-0.25, -0.2) is 4.79 Å². The van der Waals surface area contributed by atoms with Gasteiger partial charge in [-0.15, -0.1) is 0 Å². The highest BCUT2D eigenvalue weighted by Crippen LogP contribution is 2.47. The molecule has 0 radical (unpaired) electrons. The van der Waals surface area contributed by atoms with E-state index in [0.29, 0.717) is 94.1 Å². The topological polar surface area (TPSA) is 142 Å². The quantitative estimate of drug-likeness (QED) is 0.0309. The summed E-state index contributed by atoms with van der Waals surface area (Å²) in [4.78, 5) is 54.3. The van der Waals surface area contributed by atoms with Crippen LogP contribution in [0.4, 0.5) is 0 Å². The van der Waals surface area contributed by atoms with Crippen LogP contribution in [0.2, 0.25) is 0 Å². The highest BCUT2D eigenvalue weighted by molar-refractivity contribution is 6.12. The van der Waals surface area contributed by atoms with Crippen molar-refractivity contribution in [3.63, 3.8) is 0 Å². The van der Waals surface area contributed by atoms with E-state index >= 15 is 0 Å². The summed E-state index contributed by atoms with van der Waals surface area (Å²) in [6.45, 7) is 2.26. The van der Waals surface area contributed by atoms with Crippen molar-refractivity contribution in [3.05, 3.63) is 75.6 Å². The van der Waals surface area contributed by atoms with Crippen LogP contribution >= 0.6 is 0 Å². The molecule has 12 nitrogen and oxygen atoms in total. The normalized spacial score (nSPS) is 17.5. The number of nitrogens with zero attached hydrogens (tertiary/aromatic N) is 1. The van der Waals surface area contributed by atoms with E-state index < -0.39 is 5.63 Å². The van der Waals surface area contributed by atoms with Gasteiger partial charge in [-0.3, -0.25) is 14.4 Å². The number of aryl methyl sites for hydroxylation is 2. The SMILES string of the molecule is C\C=C/C(OC(=O)CCC1CCCCC1)=C(\C=C\c1c2n(c3c(=O)oc4cc(OC(=O)CCC5CCCCC5)c(OC)cc4c13)CCc1cc(OC(=O)CCC3CCCCC3)c(OC)cc1-2)OC. The van der Waals surface area contributed by atoms with Gasteiger partial charge >= 0.3 is 23.5 Å². The summed E-state index contributed by atoms with van der Waals surface area (Å²) >= 11 is 0. The number of hydrogen-bond acceptors (Lipinski definition) is 11. The number of esters is 3. The van der Waals surface area contributed by atoms with Crippen LogP contribution in [0, 0.1) is 17.8 Å². The Hall–Kier alpha value is -5.78. The van der Waals surface area contributed by atoms with Crippen molar-refractivity contribution in [2.45, 2.75) is 155 Å². The standard InChI is InChI=1S/C56H69NO11/c1-5-15-44(65-50(58)27-22-36-16-9-6-10-17-36)43(62-2)26-25-40-53-42-34-47(64-4)49(67-52(60)29-24-38-20-13-8-14-21-38)35-45(42)68-56(61)55(53)57-31-30-39-32-48(46(63-3)33-41(39)54(40)57)66-51(59)28-23-37-18-11-7-12-19-37/h5,15,25-26,32-38H,6-14,16-24,27-31H2,1-4H3/b15-5-,26-25+,44-43-. The molecule has 12 heteroatoms. The minimum atomic E-state index is -0.573. The second-order valence-corrected chi connectivity index (χ2v) is 19.3. The molecule has 0 saturated heterocycles. The Morgan fingerprint density at radius 1 is 0.662 bits per heavy atom. The predicted molar refractivity (Wildman–Crippen MR) is 263 cm³/mol. The number of hydrogen-bond donors (Lipinski definition) is 0. The summed E-state index contributed by atoms with van der Waals surface area (Å²) in [6.07, 6.45) is 28.7. The molecule has 0 spiro atoms. The molecule has 3 aliphatic carbocycles. The largest absolute Gasteiger partial charge is 0.493 e. The number of allylic oxidation sites excluding steroid dienone is 3. The number of carbonyl (C=O) groups excluding carboxylic acids is 3. The molecule has 0 N–H and O–H groups in total. The molecule has 2 aromatic heterocycles. The molecular weight excluding hydrogens is 863 g/mol. The molecule has 2 aromatic carbocycles. The van der Waals surface area contributed by atoms with Crippen LogP contribution in [-0.2, 0) is 36.8 Å². The Balaban J connectivity index is 1.20. The van der Waals surface area contributed by atoms with Crippen LogP contribution < -0.4 is 24.6 Å². The summed E-state index contributed by atoms with van der Waals surface area (Å²) < 4.78 is 43.7. The summed E-state index contributed by atoms with van der Waals surface area (Å²) in [7, 11) is 4.58. The number of benzene rings is 2. The van der Waals surface area contributed by atoms with Crippen LogP contribution in [-0.4, -0.2) is 43.8 Å². The van der Waals surface area contributed by atoms with E-state index in [1.54, 1.807) is 37.5 Å². The second kappa shape index (κ2) is 23.0. The van der Waals surface area contributed by atoms with Gasteiger partial charge in [0.2, 0.25) is 0 Å². The lowest BCUT2D eigenvalue weighted by Gasteiger charge is -2.23. The maximum Gasteiger partial charge on any atom is 0.361 e. The third-order valence-corrected chi connectivity index (χ3v) is 14.8. The smallest absolute Gasteiger partial charge is 0.361 e. The fourth-order valence-corrected chi connectivity index (χ4v) is 11.2. The number of aromatic nitrogens is 1. The monoisotopic (exact) mass is 931 g/mol. The highest BCUT2D eigenvalue weighted by Gasteiger charge is 2.31. The zero-order valence-electron chi connectivity index (χ0n) is 40.6. The Morgan fingerprint density at radius 2 is 1.21 bits per heavy atom. The maximum absolute atomic E-state index is 14.4. The molecular formula is C56H69NO11. The van der Waals surface area contributed by atoms with Crippen LogP contribution in [0.5, 0.6) is 23.0 Å². The summed E-state index contributed by atoms with van der Waals surface area (Å²) in [5.74, 6) is 2.36. The summed E-state index contributed by atoms with van der Waals surface area (Å²) in [5.41, 5.74) is 3.01. The van der Waals surface area contributed by atoms with E-state index in [9.17, 15) is 19.2 Å². The molecule has 3 saturated carbocycles. The Kier molecular flexibility index (Phi) is 16.5. The van der Waals surface area contributed by atoms with E-state index in [-0.39, 0.29) is 41.4 Å². The van der Waals surface area contributed by atoms with Gasteiger partial charge < -0.3 is 37.4 Å². The fourth-order valence-electron chi connectivity index (χ4n) is 11.2. The van der Waals surface area contributed by atoms with Gasteiger partial charge in [0.05, 0.1) is 27.0 Å². The molecule has 68 heavy (non-hydrogen) atoms. The molecule has 0 amide bonds. The Labute approximate surface area is 400 Å². The van der Waals surface area contributed by atoms with Gasteiger partial charge in [-0.05, 0) is 92.4 Å². The summed E-state index contributed by atoms with van der Waals surface area (Å²) in [5, 5.41) is 1.14. The molecule has 1 aliphatic heterocycles. The van der Waals surface area contributed by atoms with Crippen molar-refractivity contribution in [2.75, 3.05) is 21.3 Å². The van der Waals surface area contributed by atoms with Crippen molar-refractivity contribution in [2.24, 2.45) is 17.8 Å². The molecule has 0 atom stereocenters. The first-order valence-electron chi connectivity index (χ1n) is 25.3. The molecule has 4 aromatic rings. The van der Waals surface area contributed by atoms with E-state index in [4.69, 9.17) is 32.8 Å². The predicted octanol–water partition coefficient (Wildman–Crippen LogP) is 12.9. The third-order valence-electron chi connectivity index (χ3n) is 14.8. The van der Waals surface area contributed by atoms with Gasteiger partial charge in [-0.1, -0.05) is 102 Å². The van der Waals surface area contributed by atoms with E-state index in [1.807, 2.05) is 29.7 Å². The van der Waals surface area contributed by atoms with Crippen LogP contribution in [0.25, 0.3) is 39.2 Å². The van der Waals surface area contributed by atoms with Crippen molar-refractivity contribution in [3.8, 4) is 34.3 Å². The lowest BCUT2D eigenvalue weighted by Crippen LogP contribution is -2.16. The average molecular weight is 932 g/mol. The lowest BCUT2D eigenvalue weighted by atomic mass is 9.86. The number of ether oxygens (including phenoxy) is 6. The zero-order valence-corrected chi connectivity index (χ0v) is 40.6. The van der Waals surface area contributed by atoms with Crippen molar-refractivity contribution >= 4 is 45.9 Å². The number of methoxy groups -OCH3 is 3.